The van der Waals surface area contributed by atoms with Crippen LogP contribution in [0.3, 0.4) is 0 Å². The first-order valence-electron chi connectivity index (χ1n) is 33.6. The lowest BCUT2D eigenvalue weighted by molar-refractivity contribution is -0.151. The van der Waals surface area contributed by atoms with E-state index < -0.39 is 133 Å². The number of aromatic nitrogens is 4. The van der Waals surface area contributed by atoms with Crippen LogP contribution in [-0.4, -0.2) is 144 Å². The number of piperidine rings is 1. The van der Waals surface area contributed by atoms with Crippen molar-refractivity contribution in [2.45, 2.75) is 174 Å². The summed E-state index contributed by atoms with van der Waals surface area (Å²) >= 11 is 0. The van der Waals surface area contributed by atoms with Crippen LogP contribution >= 0.6 is 0 Å². The van der Waals surface area contributed by atoms with E-state index in [1.807, 2.05) is 0 Å². The summed E-state index contributed by atoms with van der Waals surface area (Å²) in [5, 5.41) is 0. The molecule has 530 valence electrons. The highest BCUT2D eigenvalue weighted by Crippen LogP contribution is 2.51. The van der Waals surface area contributed by atoms with Gasteiger partial charge in [0.1, 0.15) is 46.9 Å². The smallest absolute Gasteiger partial charge is 0.324 e. The Morgan fingerprint density at radius 3 is 1.42 bits per heavy atom. The van der Waals surface area contributed by atoms with E-state index in [4.69, 9.17) is 49.9 Å². The minimum atomic E-state index is -1.11. The summed E-state index contributed by atoms with van der Waals surface area (Å²) in [6.07, 6.45) is 0.839. The van der Waals surface area contributed by atoms with Crippen molar-refractivity contribution >= 4 is 69.1 Å². The molecule has 27 heteroatoms. The molecule has 0 radical (unpaired) electrons. The molecular formula is C71H89F5N10O12. The van der Waals surface area contributed by atoms with E-state index in [0.29, 0.717) is 38.5 Å². The molecule has 4 fully saturated rings. The molecule has 98 heavy (non-hydrogen) atoms. The van der Waals surface area contributed by atoms with Crippen LogP contribution in [0.1, 0.15) is 164 Å². The van der Waals surface area contributed by atoms with Crippen molar-refractivity contribution in [1.29, 1.82) is 0 Å². The summed E-state index contributed by atoms with van der Waals surface area (Å²) in [7, 11) is 5.28. The average molecular weight is 1370 g/mol. The van der Waals surface area contributed by atoms with Crippen molar-refractivity contribution in [3.63, 3.8) is 0 Å². The molecule has 6 aromatic rings. The van der Waals surface area contributed by atoms with Gasteiger partial charge in [-0.3, -0.25) is 37.9 Å². The molecule has 4 aromatic carbocycles. The number of fused-ring (bicyclic) bond motifs is 2. The second-order valence-corrected chi connectivity index (χ2v) is 26.9. The van der Waals surface area contributed by atoms with E-state index in [2.05, 4.69) is 0 Å². The number of benzene rings is 4. The Morgan fingerprint density at radius 1 is 0.531 bits per heavy atom. The summed E-state index contributed by atoms with van der Waals surface area (Å²) in [4.78, 5) is 98.2. The number of anilines is 2. The lowest BCUT2D eigenvalue weighted by Crippen LogP contribution is -2.42. The van der Waals surface area contributed by atoms with E-state index in [0.717, 1.165) is 17.7 Å². The number of hydrogen-bond donors (Lipinski definition) is 2. The topological polar surface area (TPSA) is 258 Å². The van der Waals surface area contributed by atoms with Gasteiger partial charge in [-0.2, -0.15) is 0 Å². The Kier molecular flexibility index (Phi) is 22.8. The van der Waals surface area contributed by atoms with E-state index in [9.17, 15) is 33.2 Å². The molecule has 4 aliphatic heterocycles. The van der Waals surface area contributed by atoms with Crippen LogP contribution in [-0.2, 0) is 70.7 Å². The Labute approximate surface area is 566 Å². The Hall–Kier alpha value is -8.27. The minimum Gasteiger partial charge on any atom is -0.469 e. The van der Waals surface area contributed by atoms with Gasteiger partial charge in [0, 0.05) is 69.3 Å². The number of halogens is 5. The number of rotatable bonds is 25. The summed E-state index contributed by atoms with van der Waals surface area (Å²) in [6, 6.07) is 8.00. The summed E-state index contributed by atoms with van der Waals surface area (Å²) in [6.45, 7) is 10.3. The number of likely N-dealkylation sites (tertiary alicyclic amines) is 2. The third-order valence-electron chi connectivity index (χ3n) is 20.4. The summed E-state index contributed by atoms with van der Waals surface area (Å²) in [5.74, 6) is -9.65. The maximum absolute atomic E-state index is 18.0. The fraction of sp³-hybridized carbons (Fsp3) is 0.549. The number of carbonyl (C=O) groups is 6. The number of methoxy groups -OCH3 is 4. The van der Waals surface area contributed by atoms with Crippen LogP contribution in [0.2, 0.25) is 0 Å². The molecule has 10 rings (SSSR count). The number of nitrogens with two attached hydrogens (primary N) is 2. The fourth-order valence-electron chi connectivity index (χ4n) is 14.4. The standard InChI is InChI=1S/C71H89F5N10O12/c1-37(2)63(77)70(91)97-35-84-59-30-48(49(73)33-54(59)80-67(84)58-14-12-24-83(58)69(90)46(40(6)94-8)32-62(88)96-10)56-20-19-55(86(56)44-27-51(75)65(52(76)28-44)81-25-21-42(22-26-81)41-15-17-43(72)18-16-41)47-29-53-60(34-50(47)74)85(36-98-71(92)64(78)38(3)4)66(79-53)57-13-11-23-82(57)68(89)45(39(5)93-7)31-61(87)95-9/h15-18,27-30,33-34,37-40,42,45-46,55-58,63-64H,11-14,19-26,31-32,35-36,77-78H2,1-10H3/t39-,40-,45+,46+,55-,56-,57+,58+,63+,64+/m1/s1. The second-order valence-electron chi connectivity index (χ2n) is 26.9. The van der Waals surface area contributed by atoms with Crippen LogP contribution < -0.4 is 21.3 Å². The maximum Gasteiger partial charge on any atom is 0.324 e. The maximum atomic E-state index is 18.0. The summed E-state index contributed by atoms with van der Waals surface area (Å²) in [5.41, 5.74) is 13.7. The molecular weight excluding hydrogens is 1280 g/mol. The zero-order valence-electron chi connectivity index (χ0n) is 57.1. The lowest BCUT2D eigenvalue weighted by Gasteiger charge is -2.36. The van der Waals surface area contributed by atoms with Gasteiger partial charge in [0.05, 0.1) is 97.3 Å². The molecule has 10 atom stereocenters. The van der Waals surface area contributed by atoms with Gasteiger partial charge >= 0.3 is 23.9 Å². The molecule has 4 saturated heterocycles. The number of esters is 4. The monoisotopic (exact) mass is 1370 g/mol. The van der Waals surface area contributed by atoms with Crippen LogP contribution in [0.4, 0.5) is 33.3 Å². The zero-order valence-corrected chi connectivity index (χ0v) is 57.1. The molecule has 0 spiro atoms. The normalized spacial score (nSPS) is 20.3. The Bertz CT molecular complexity index is 3890. The van der Waals surface area contributed by atoms with Gasteiger partial charge in [-0.15, -0.1) is 0 Å². The molecule has 0 unspecified atom stereocenters. The molecule has 2 aromatic heterocycles. The number of ether oxygens (including phenoxy) is 6. The van der Waals surface area contributed by atoms with Gasteiger partial charge in [-0.05, 0) is 125 Å². The number of hydrogen-bond acceptors (Lipinski definition) is 18. The van der Waals surface area contributed by atoms with Gasteiger partial charge in [-0.25, -0.2) is 31.9 Å². The van der Waals surface area contributed by atoms with Crippen molar-refractivity contribution in [2.24, 2.45) is 35.1 Å². The third-order valence-corrected chi connectivity index (χ3v) is 20.4. The van der Waals surface area contributed by atoms with Crippen LogP contribution in [0.25, 0.3) is 22.1 Å². The highest BCUT2D eigenvalue weighted by Gasteiger charge is 2.45. The van der Waals surface area contributed by atoms with Gasteiger partial charge in [0.25, 0.3) is 0 Å². The molecule has 6 heterocycles. The van der Waals surface area contributed by atoms with Gasteiger partial charge in [-0.1, -0.05) is 39.8 Å². The predicted molar refractivity (Wildman–Crippen MR) is 352 cm³/mol. The predicted octanol–water partition coefficient (Wildman–Crippen LogP) is 10.3. The Balaban J connectivity index is 1.10. The number of carbonyl (C=O) groups excluding carboxylic acids is 6. The largest absolute Gasteiger partial charge is 0.469 e. The van der Waals surface area contributed by atoms with E-state index in [1.54, 1.807) is 77.8 Å². The van der Waals surface area contributed by atoms with Crippen LogP contribution in [0, 0.1) is 52.8 Å². The average Bonchev–Trinajstić information content (AvgIpc) is 1.55. The van der Waals surface area contributed by atoms with Gasteiger partial charge in [0.2, 0.25) is 11.8 Å². The first-order chi connectivity index (χ1) is 46.8. The van der Waals surface area contributed by atoms with Gasteiger partial charge < -0.3 is 59.5 Å². The highest BCUT2D eigenvalue weighted by atomic mass is 19.1. The number of amides is 2. The first-order valence-corrected chi connectivity index (χ1v) is 33.6. The number of nitrogens with zero attached hydrogens (tertiary/aromatic N) is 8. The summed E-state index contributed by atoms with van der Waals surface area (Å²) < 4.78 is 120. The SMILES string of the molecule is COC(=O)C[C@H](C(=O)N1CCC[C@H]1c1nc2cc([C@H]3CC[C@H](c4cc5c(cc4F)nc([C@@H]4CCCN4C(=O)[C@@H](CC(=O)OC)[C@@H](C)OC)n5COC(=O)[C@@H](N)C(C)C)N3c3cc(F)c(N4CCC(c5ccc(F)cc5)CC4)c(F)c3)c(F)cc2n1COC(=O)[C@@H](N)C(C)C)[C@@H](C)OC. The fourth-order valence-corrected chi connectivity index (χ4v) is 14.4. The van der Waals surface area contributed by atoms with E-state index in [1.165, 1.54) is 69.4 Å². The van der Waals surface area contributed by atoms with Crippen molar-refractivity contribution in [3.8, 4) is 0 Å². The third kappa shape index (κ3) is 14.9. The molecule has 4 aliphatic rings. The van der Waals surface area contributed by atoms with E-state index >= 15 is 17.6 Å². The quantitative estimate of drug-likeness (QED) is 0.0307. The van der Waals surface area contributed by atoms with Crippen molar-refractivity contribution in [3.05, 3.63) is 118 Å². The zero-order chi connectivity index (χ0) is 70.7. The van der Waals surface area contributed by atoms with Gasteiger partial charge in [0.15, 0.2) is 25.1 Å². The minimum absolute atomic E-state index is 0.00398. The Morgan fingerprint density at radius 2 is 0.969 bits per heavy atom. The highest BCUT2D eigenvalue weighted by molar-refractivity contribution is 5.87. The molecule has 0 bridgehead atoms. The molecule has 22 nitrogen and oxygen atoms in total. The molecule has 0 aliphatic carbocycles. The van der Waals surface area contributed by atoms with Crippen LogP contribution in [0.15, 0.2) is 60.7 Å². The first kappa shape index (κ1) is 72.5. The second kappa shape index (κ2) is 30.9. The van der Waals surface area contributed by atoms with Crippen molar-refractivity contribution in [2.75, 3.05) is 64.4 Å². The molecule has 0 saturated carbocycles. The molecule has 4 N–H and O–H groups in total. The van der Waals surface area contributed by atoms with Crippen molar-refractivity contribution < 1.29 is 79.1 Å². The van der Waals surface area contributed by atoms with Crippen molar-refractivity contribution in [1.82, 2.24) is 28.9 Å². The van der Waals surface area contributed by atoms with Crippen LogP contribution in [0.5, 0.6) is 0 Å². The lowest BCUT2D eigenvalue weighted by atomic mass is 9.89. The molecule has 2 amide bonds. The number of imidazole rings is 2. The van der Waals surface area contributed by atoms with E-state index in [-0.39, 0.29) is 132 Å².